The van der Waals surface area contributed by atoms with Crippen LogP contribution in [0.15, 0.2) is 39.3 Å². The molecule has 0 N–H and O–H groups in total. The molecule has 100 valence electrons. The Kier molecular flexibility index (Phi) is 4.74. The van der Waals surface area contributed by atoms with E-state index in [1.165, 1.54) is 12.1 Å². The molecule has 2 rings (SSSR count). The molecule has 6 heteroatoms. The molecule has 0 nitrogen and oxygen atoms in total. The van der Waals surface area contributed by atoms with Crippen molar-refractivity contribution in [2.75, 3.05) is 0 Å². The van der Waals surface area contributed by atoms with Crippen LogP contribution in [0.5, 0.6) is 0 Å². The second-order valence-corrected chi connectivity index (χ2v) is 6.41. The van der Waals surface area contributed by atoms with Gasteiger partial charge in [0.15, 0.2) is 0 Å². The number of halogens is 6. The minimum atomic E-state index is -0.786. The number of hydrogen-bond donors (Lipinski definition) is 0. The Hall–Kier alpha value is -0.330. The summed E-state index contributed by atoms with van der Waals surface area (Å²) in [6, 6.07) is 6.49. The number of hydrogen-bond acceptors (Lipinski definition) is 0. The zero-order chi connectivity index (χ0) is 14.2. The van der Waals surface area contributed by atoms with Gasteiger partial charge in [0.25, 0.3) is 0 Å². The quantitative estimate of drug-likeness (QED) is 0.376. The number of rotatable bonds is 2. The topological polar surface area (TPSA) is 0 Å². The Labute approximate surface area is 133 Å². The van der Waals surface area contributed by atoms with E-state index in [2.05, 4.69) is 47.8 Å². The molecule has 0 aliphatic carbocycles. The van der Waals surface area contributed by atoms with E-state index in [0.717, 1.165) is 12.1 Å². The molecule has 2 aromatic rings. The maximum Gasteiger partial charge on any atom is 0.137 e. The molecule has 2 aromatic carbocycles. The summed E-state index contributed by atoms with van der Waals surface area (Å²) in [6.45, 7) is 0. The normalized spacial score (nSPS) is 12.5. The SMILES string of the molecule is Fc1cc(C(Br)c2c(F)cccc2Br)c(F)cc1Br. The van der Waals surface area contributed by atoms with Crippen molar-refractivity contribution in [3.63, 3.8) is 0 Å². The van der Waals surface area contributed by atoms with Crippen LogP contribution in [0, 0.1) is 17.5 Å². The zero-order valence-corrected chi connectivity index (χ0v) is 14.0. The van der Waals surface area contributed by atoms with E-state index in [-0.39, 0.29) is 15.6 Å². The van der Waals surface area contributed by atoms with Crippen molar-refractivity contribution >= 4 is 47.8 Å². The van der Waals surface area contributed by atoms with Crippen LogP contribution in [0.2, 0.25) is 0 Å². The van der Waals surface area contributed by atoms with Crippen LogP contribution in [0.4, 0.5) is 13.2 Å². The van der Waals surface area contributed by atoms with E-state index in [0.29, 0.717) is 4.47 Å². The number of alkyl halides is 1. The highest BCUT2D eigenvalue weighted by atomic mass is 79.9. The van der Waals surface area contributed by atoms with Gasteiger partial charge in [0.2, 0.25) is 0 Å². The fraction of sp³-hybridized carbons (Fsp3) is 0.0769. The van der Waals surface area contributed by atoms with Crippen LogP contribution in [0.3, 0.4) is 0 Å². The van der Waals surface area contributed by atoms with Crippen molar-refractivity contribution in [2.24, 2.45) is 0 Å². The van der Waals surface area contributed by atoms with Gasteiger partial charge < -0.3 is 0 Å². The predicted molar refractivity (Wildman–Crippen MR) is 78.9 cm³/mol. The van der Waals surface area contributed by atoms with Crippen LogP contribution in [0.1, 0.15) is 16.0 Å². The van der Waals surface area contributed by atoms with Gasteiger partial charge in [-0.1, -0.05) is 37.9 Å². The molecule has 0 radical (unpaired) electrons. The Morgan fingerprint density at radius 1 is 0.842 bits per heavy atom. The summed E-state index contributed by atoms with van der Waals surface area (Å²) in [4.78, 5) is -0.786. The molecule has 0 amide bonds. The third kappa shape index (κ3) is 3.06. The molecule has 0 aliphatic rings. The lowest BCUT2D eigenvalue weighted by molar-refractivity contribution is 0.577. The average molecular weight is 459 g/mol. The maximum absolute atomic E-state index is 13.9. The first-order chi connectivity index (χ1) is 8.91. The van der Waals surface area contributed by atoms with Crippen molar-refractivity contribution in [3.05, 3.63) is 67.9 Å². The first-order valence-electron chi connectivity index (χ1n) is 5.14. The van der Waals surface area contributed by atoms with Crippen molar-refractivity contribution in [1.29, 1.82) is 0 Å². The largest absolute Gasteiger partial charge is 0.207 e. The molecule has 19 heavy (non-hydrogen) atoms. The summed E-state index contributed by atoms with van der Waals surface area (Å²) in [6.07, 6.45) is 0. The monoisotopic (exact) mass is 456 g/mol. The summed E-state index contributed by atoms with van der Waals surface area (Å²) in [7, 11) is 0. The minimum Gasteiger partial charge on any atom is -0.207 e. The van der Waals surface area contributed by atoms with Crippen molar-refractivity contribution < 1.29 is 13.2 Å². The van der Waals surface area contributed by atoms with Crippen LogP contribution in [-0.4, -0.2) is 0 Å². The molecule has 0 aromatic heterocycles. The summed E-state index contributed by atoms with van der Waals surface area (Å²) in [5.74, 6) is -1.72. The Morgan fingerprint density at radius 2 is 1.53 bits per heavy atom. The van der Waals surface area contributed by atoms with E-state index in [1.807, 2.05) is 0 Å². The van der Waals surface area contributed by atoms with E-state index in [1.54, 1.807) is 6.07 Å². The lowest BCUT2D eigenvalue weighted by Gasteiger charge is -2.15. The third-order valence-corrected chi connectivity index (χ3v) is 4.82. The summed E-state index contributed by atoms with van der Waals surface area (Å²) >= 11 is 9.32. The van der Waals surface area contributed by atoms with Crippen LogP contribution < -0.4 is 0 Å². The van der Waals surface area contributed by atoms with Gasteiger partial charge in [-0.05, 0) is 40.2 Å². The van der Waals surface area contributed by atoms with E-state index in [4.69, 9.17) is 0 Å². The Morgan fingerprint density at radius 3 is 2.16 bits per heavy atom. The average Bonchev–Trinajstić information content (AvgIpc) is 2.33. The highest BCUT2D eigenvalue weighted by Crippen LogP contribution is 2.39. The molecule has 0 saturated carbocycles. The van der Waals surface area contributed by atoms with Crippen LogP contribution in [0.25, 0.3) is 0 Å². The van der Waals surface area contributed by atoms with Crippen molar-refractivity contribution in [2.45, 2.75) is 4.83 Å². The molecular weight excluding hydrogens is 453 g/mol. The molecule has 0 aliphatic heterocycles. The van der Waals surface area contributed by atoms with Crippen molar-refractivity contribution in [3.8, 4) is 0 Å². The van der Waals surface area contributed by atoms with Gasteiger partial charge in [-0.25, -0.2) is 13.2 Å². The van der Waals surface area contributed by atoms with Gasteiger partial charge in [0, 0.05) is 15.6 Å². The van der Waals surface area contributed by atoms with Gasteiger partial charge in [-0.2, -0.15) is 0 Å². The minimum absolute atomic E-state index is 0.0287. The molecule has 0 heterocycles. The van der Waals surface area contributed by atoms with Crippen LogP contribution >= 0.6 is 47.8 Å². The Balaban J connectivity index is 2.56. The van der Waals surface area contributed by atoms with Gasteiger partial charge in [0.1, 0.15) is 17.5 Å². The summed E-state index contributed by atoms with van der Waals surface area (Å²) < 4.78 is 41.7. The molecule has 0 fully saturated rings. The van der Waals surface area contributed by atoms with Gasteiger partial charge >= 0.3 is 0 Å². The fourth-order valence-corrected chi connectivity index (χ4v) is 3.65. The van der Waals surface area contributed by atoms with Gasteiger partial charge in [-0.3, -0.25) is 0 Å². The second kappa shape index (κ2) is 5.97. The molecular formula is C13H6Br3F3. The highest BCUT2D eigenvalue weighted by molar-refractivity contribution is 9.11. The predicted octanol–water partition coefficient (Wildman–Crippen LogP) is 6.11. The Bertz CT molecular complexity index is 609. The second-order valence-electron chi connectivity index (χ2n) is 3.79. The zero-order valence-electron chi connectivity index (χ0n) is 9.23. The van der Waals surface area contributed by atoms with Crippen LogP contribution in [-0.2, 0) is 0 Å². The van der Waals surface area contributed by atoms with E-state index in [9.17, 15) is 13.2 Å². The standard InChI is InChI=1S/C13H6Br3F3/c14-7-2-1-3-9(17)12(7)13(16)6-4-11(19)8(15)5-10(6)18/h1-5,13H. The lowest BCUT2D eigenvalue weighted by atomic mass is 10.0. The van der Waals surface area contributed by atoms with Crippen molar-refractivity contribution in [1.82, 2.24) is 0 Å². The molecule has 0 spiro atoms. The molecule has 1 unspecified atom stereocenters. The summed E-state index contributed by atoms with van der Waals surface area (Å²) in [5, 5.41) is 0. The van der Waals surface area contributed by atoms with E-state index >= 15 is 0 Å². The van der Waals surface area contributed by atoms with Gasteiger partial charge in [0.05, 0.1) is 9.30 Å². The third-order valence-electron chi connectivity index (χ3n) is 2.57. The number of benzene rings is 2. The maximum atomic E-state index is 13.9. The first kappa shape index (κ1) is 15.1. The molecule has 1 atom stereocenters. The molecule has 0 saturated heterocycles. The smallest absolute Gasteiger partial charge is 0.137 e. The first-order valence-corrected chi connectivity index (χ1v) is 7.64. The lowest BCUT2D eigenvalue weighted by Crippen LogP contribution is -2.02. The fourth-order valence-electron chi connectivity index (χ4n) is 1.64. The van der Waals surface area contributed by atoms with Gasteiger partial charge in [-0.15, -0.1) is 0 Å². The summed E-state index contributed by atoms with van der Waals surface area (Å²) in [5.41, 5.74) is 0.259. The highest BCUT2D eigenvalue weighted by Gasteiger charge is 2.22. The molecule has 0 bridgehead atoms. The van der Waals surface area contributed by atoms with E-state index < -0.39 is 22.3 Å².